The highest BCUT2D eigenvalue weighted by Crippen LogP contribution is 2.27. The van der Waals surface area contributed by atoms with Gasteiger partial charge in [-0.15, -0.1) is 0 Å². The van der Waals surface area contributed by atoms with Crippen LogP contribution in [-0.2, 0) is 4.74 Å². The Bertz CT molecular complexity index is 1020. The van der Waals surface area contributed by atoms with Crippen molar-refractivity contribution in [3.63, 3.8) is 0 Å². The van der Waals surface area contributed by atoms with Crippen molar-refractivity contribution < 1.29 is 9.53 Å². The van der Waals surface area contributed by atoms with E-state index in [0.29, 0.717) is 41.7 Å². The number of anilines is 1. The Morgan fingerprint density at radius 1 is 1.28 bits per heavy atom. The van der Waals surface area contributed by atoms with Crippen molar-refractivity contribution in [1.82, 2.24) is 24.9 Å². The molecule has 1 saturated heterocycles. The van der Waals surface area contributed by atoms with Crippen LogP contribution in [0, 0.1) is 0 Å². The van der Waals surface area contributed by atoms with Crippen molar-refractivity contribution in [3.05, 3.63) is 41.4 Å². The molecule has 4 heterocycles. The number of hydrogen-bond donors (Lipinski definition) is 2. The van der Waals surface area contributed by atoms with Crippen molar-refractivity contribution in [3.8, 4) is 11.3 Å². The number of ether oxygens (including phenoxy) is 1. The first kappa shape index (κ1) is 19.6. The number of aromatic nitrogens is 4. The fourth-order valence-electron chi connectivity index (χ4n) is 3.15. The quantitative estimate of drug-likeness (QED) is 0.550. The molecule has 0 atom stereocenters. The summed E-state index contributed by atoms with van der Waals surface area (Å²) in [6.07, 6.45) is 9.73. The number of halogens is 1. The van der Waals surface area contributed by atoms with Crippen molar-refractivity contribution in [2.45, 2.75) is 32.2 Å². The van der Waals surface area contributed by atoms with E-state index in [1.807, 2.05) is 6.07 Å². The van der Waals surface area contributed by atoms with E-state index in [2.05, 4.69) is 32.6 Å². The normalized spacial score (nSPS) is 14.0. The monoisotopic (exact) mass is 414 g/mol. The van der Waals surface area contributed by atoms with Gasteiger partial charge in [-0.1, -0.05) is 31.4 Å². The summed E-state index contributed by atoms with van der Waals surface area (Å²) in [7, 11) is 0. The standard InChI is InChI=1S/C20H23ClN6O2/c1-2-3-4-5-22-20(28)16-8-23-17(6-18(16)26-14-11-29-12-14)15-9-25-27-10-13(21)7-24-19(15)27/h6-10,14H,2-5,11-12H2,1H3,(H,22,28)(H,23,26). The van der Waals surface area contributed by atoms with Crippen LogP contribution in [0.5, 0.6) is 0 Å². The molecule has 0 unspecified atom stereocenters. The Hall–Kier alpha value is -2.71. The third-order valence-corrected chi connectivity index (χ3v) is 5.01. The van der Waals surface area contributed by atoms with E-state index in [9.17, 15) is 4.79 Å². The number of unbranched alkanes of at least 4 members (excludes halogenated alkanes) is 2. The molecular weight excluding hydrogens is 392 g/mol. The van der Waals surface area contributed by atoms with Crippen LogP contribution in [-0.4, -0.2) is 51.3 Å². The molecule has 29 heavy (non-hydrogen) atoms. The lowest BCUT2D eigenvalue weighted by Crippen LogP contribution is -2.41. The second-order valence-electron chi connectivity index (χ2n) is 7.06. The molecule has 3 aromatic rings. The maximum absolute atomic E-state index is 12.7. The van der Waals surface area contributed by atoms with Crippen LogP contribution >= 0.6 is 11.6 Å². The van der Waals surface area contributed by atoms with Gasteiger partial charge in [-0.3, -0.25) is 9.78 Å². The van der Waals surface area contributed by atoms with Crippen LogP contribution in [0.4, 0.5) is 5.69 Å². The van der Waals surface area contributed by atoms with Crippen LogP contribution in [0.1, 0.15) is 36.5 Å². The first-order valence-electron chi connectivity index (χ1n) is 9.77. The number of rotatable bonds is 8. The van der Waals surface area contributed by atoms with Crippen molar-refractivity contribution in [2.24, 2.45) is 0 Å². The van der Waals surface area contributed by atoms with Crippen molar-refractivity contribution in [2.75, 3.05) is 25.1 Å². The molecule has 2 N–H and O–H groups in total. The van der Waals surface area contributed by atoms with Crippen LogP contribution in [0.2, 0.25) is 5.02 Å². The lowest BCUT2D eigenvalue weighted by molar-refractivity contribution is 0.0210. The van der Waals surface area contributed by atoms with Gasteiger partial charge in [0.05, 0.1) is 59.2 Å². The van der Waals surface area contributed by atoms with E-state index in [1.165, 1.54) is 0 Å². The second kappa shape index (κ2) is 8.75. The van der Waals surface area contributed by atoms with E-state index in [4.69, 9.17) is 16.3 Å². The number of amides is 1. The summed E-state index contributed by atoms with van der Waals surface area (Å²) in [5.74, 6) is -0.132. The van der Waals surface area contributed by atoms with Crippen LogP contribution < -0.4 is 10.6 Å². The molecule has 0 saturated carbocycles. The Kier molecular flexibility index (Phi) is 5.92. The van der Waals surface area contributed by atoms with E-state index >= 15 is 0 Å². The first-order chi connectivity index (χ1) is 14.2. The second-order valence-corrected chi connectivity index (χ2v) is 7.49. The van der Waals surface area contributed by atoms with E-state index in [1.54, 1.807) is 29.3 Å². The highest BCUT2D eigenvalue weighted by molar-refractivity contribution is 6.30. The zero-order chi connectivity index (χ0) is 20.2. The fourth-order valence-corrected chi connectivity index (χ4v) is 3.29. The third-order valence-electron chi connectivity index (χ3n) is 4.81. The highest BCUT2D eigenvalue weighted by atomic mass is 35.5. The smallest absolute Gasteiger partial charge is 0.254 e. The molecule has 1 amide bonds. The molecule has 3 aromatic heterocycles. The summed E-state index contributed by atoms with van der Waals surface area (Å²) in [4.78, 5) is 21.6. The molecule has 0 aromatic carbocycles. The average Bonchev–Trinajstić information content (AvgIpc) is 3.10. The topological polar surface area (TPSA) is 93.4 Å². The predicted molar refractivity (Wildman–Crippen MR) is 111 cm³/mol. The molecule has 1 aliphatic heterocycles. The van der Waals surface area contributed by atoms with Crippen LogP contribution in [0.15, 0.2) is 30.9 Å². The molecule has 0 radical (unpaired) electrons. The lowest BCUT2D eigenvalue weighted by Gasteiger charge is -2.28. The van der Waals surface area contributed by atoms with Gasteiger partial charge in [0.25, 0.3) is 5.91 Å². The van der Waals surface area contributed by atoms with Gasteiger partial charge in [0.1, 0.15) is 0 Å². The highest BCUT2D eigenvalue weighted by Gasteiger charge is 2.22. The number of carbonyl (C=O) groups is 1. The zero-order valence-electron chi connectivity index (χ0n) is 16.2. The molecule has 1 aliphatic rings. The van der Waals surface area contributed by atoms with E-state index < -0.39 is 0 Å². The van der Waals surface area contributed by atoms with Gasteiger partial charge in [0, 0.05) is 18.9 Å². The number of pyridine rings is 1. The molecular formula is C20H23ClN6O2. The third kappa shape index (κ3) is 4.33. The molecule has 0 bridgehead atoms. The molecule has 8 nitrogen and oxygen atoms in total. The number of carbonyl (C=O) groups excluding carboxylic acids is 1. The van der Waals surface area contributed by atoms with Gasteiger partial charge >= 0.3 is 0 Å². The van der Waals surface area contributed by atoms with Gasteiger partial charge in [-0.2, -0.15) is 5.10 Å². The minimum Gasteiger partial charge on any atom is -0.377 e. The molecule has 9 heteroatoms. The Balaban J connectivity index is 1.63. The molecule has 152 valence electrons. The van der Waals surface area contributed by atoms with Gasteiger partial charge < -0.3 is 15.4 Å². The van der Waals surface area contributed by atoms with Gasteiger partial charge in [-0.25, -0.2) is 9.50 Å². The maximum Gasteiger partial charge on any atom is 0.254 e. The van der Waals surface area contributed by atoms with Crippen LogP contribution in [0.3, 0.4) is 0 Å². The minimum absolute atomic E-state index is 0.132. The van der Waals surface area contributed by atoms with E-state index in [0.717, 1.165) is 30.5 Å². The number of nitrogens with zero attached hydrogens (tertiary/aromatic N) is 4. The molecule has 4 rings (SSSR count). The van der Waals surface area contributed by atoms with Gasteiger partial charge in [0.2, 0.25) is 0 Å². The minimum atomic E-state index is -0.132. The summed E-state index contributed by atoms with van der Waals surface area (Å²) >= 11 is 5.99. The number of fused-ring (bicyclic) bond motifs is 1. The Morgan fingerprint density at radius 2 is 2.14 bits per heavy atom. The van der Waals surface area contributed by atoms with Crippen LogP contribution in [0.25, 0.3) is 16.9 Å². The predicted octanol–water partition coefficient (Wildman–Crippen LogP) is 3.18. The largest absolute Gasteiger partial charge is 0.377 e. The summed E-state index contributed by atoms with van der Waals surface area (Å²) in [5.41, 5.74) is 3.34. The Morgan fingerprint density at radius 3 is 2.90 bits per heavy atom. The summed E-state index contributed by atoms with van der Waals surface area (Å²) in [6.45, 7) is 4.02. The molecule has 0 aliphatic carbocycles. The average molecular weight is 415 g/mol. The van der Waals surface area contributed by atoms with Gasteiger partial charge in [0.15, 0.2) is 5.65 Å². The van der Waals surface area contributed by atoms with Gasteiger partial charge in [-0.05, 0) is 12.5 Å². The number of nitrogens with one attached hydrogen (secondary N) is 2. The first-order valence-corrected chi connectivity index (χ1v) is 10.1. The Labute approximate surface area is 173 Å². The fraction of sp³-hybridized carbons (Fsp3) is 0.400. The zero-order valence-corrected chi connectivity index (χ0v) is 16.9. The molecule has 0 spiro atoms. The van der Waals surface area contributed by atoms with Crippen molar-refractivity contribution in [1.29, 1.82) is 0 Å². The maximum atomic E-state index is 12.7. The lowest BCUT2D eigenvalue weighted by atomic mass is 10.1. The van der Waals surface area contributed by atoms with E-state index in [-0.39, 0.29) is 11.9 Å². The van der Waals surface area contributed by atoms with Crippen molar-refractivity contribution >= 4 is 28.8 Å². The summed E-state index contributed by atoms with van der Waals surface area (Å²) in [6, 6.07) is 2.05. The summed E-state index contributed by atoms with van der Waals surface area (Å²) in [5, 5.41) is 11.2. The molecule has 1 fully saturated rings. The SMILES string of the molecule is CCCCCNC(=O)c1cnc(-c2cnn3cc(Cl)cnc23)cc1NC1COC1. The summed E-state index contributed by atoms with van der Waals surface area (Å²) < 4.78 is 6.87. The number of hydrogen-bond acceptors (Lipinski definition) is 6.